The molecular formula is C6H5ClNO. The Morgan fingerprint density at radius 3 is 2.78 bits per heavy atom. The lowest BCUT2D eigenvalue weighted by molar-refractivity contribution is 0.470. The third-order valence-electron chi connectivity index (χ3n) is 0.846. The van der Waals surface area contributed by atoms with E-state index < -0.39 is 0 Å². The topological polar surface area (TPSA) is 22.1 Å². The second-order valence-electron chi connectivity index (χ2n) is 1.48. The van der Waals surface area contributed by atoms with Crippen molar-refractivity contribution in [1.82, 2.24) is 4.98 Å². The molecule has 2 nitrogen and oxygen atoms in total. The van der Waals surface area contributed by atoms with E-state index in [4.69, 9.17) is 11.6 Å². The van der Waals surface area contributed by atoms with Gasteiger partial charge < -0.3 is 4.74 Å². The van der Waals surface area contributed by atoms with Crippen LogP contribution < -0.4 is 4.74 Å². The van der Waals surface area contributed by atoms with Crippen LogP contribution in [0.3, 0.4) is 0 Å². The van der Waals surface area contributed by atoms with Crippen LogP contribution in [0.25, 0.3) is 0 Å². The highest BCUT2D eigenvalue weighted by Crippen LogP contribution is 2.13. The monoisotopic (exact) mass is 142 g/mol. The Kier molecular flexibility index (Phi) is 1.90. The number of rotatable bonds is 1. The zero-order valence-electron chi connectivity index (χ0n) is 4.67. The number of halogens is 1. The zero-order chi connectivity index (χ0) is 6.69. The second kappa shape index (κ2) is 2.69. The summed E-state index contributed by atoms with van der Waals surface area (Å²) >= 11 is 5.55. The number of pyridine rings is 1. The zero-order valence-corrected chi connectivity index (χ0v) is 5.43. The van der Waals surface area contributed by atoms with Crippen molar-refractivity contribution >= 4 is 11.6 Å². The maximum absolute atomic E-state index is 5.55. The molecule has 0 aliphatic carbocycles. The normalized spacial score (nSPS) is 9.11. The summed E-state index contributed by atoms with van der Waals surface area (Å²) in [7, 11) is 3.20. The summed E-state index contributed by atoms with van der Waals surface area (Å²) in [5, 5.41) is 0.552. The van der Waals surface area contributed by atoms with Gasteiger partial charge >= 0.3 is 0 Å². The summed E-state index contributed by atoms with van der Waals surface area (Å²) in [5.41, 5.74) is 0. The van der Waals surface area contributed by atoms with Gasteiger partial charge in [0.05, 0.1) is 11.2 Å². The van der Waals surface area contributed by atoms with E-state index in [-0.39, 0.29) is 0 Å². The summed E-state index contributed by atoms with van der Waals surface area (Å²) in [4.78, 5) is 3.76. The molecule has 0 N–H and O–H groups in total. The highest BCUT2D eigenvalue weighted by Gasteiger charge is 1.90. The van der Waals surface area contributed by atoms with Gasteiger partial charge in [-0.05, 0) is 0 Å². The molecule has 0 aliphatic rings. The molecule has 3 heteroatoms. The fraction of sp³-hybridized carbons (Fsp3) is 0. The van der Waals surface area contributed by atoms with Crippen LogP contribution in [0.1, 0.15) is 0 Å². The molecule has 1 aromatic rings. The Morgan fingerprint density at radius 2 is 2.33 bits per heavy atom. The van der Waals surface area contributed by atoms with Crippen LogP contribution in [0.2, 0.25) is 5.02 Å². The van der Waals surface area contributed by atoms with E-state index in [1.54, 1.807) is 12.3 Å². The highest BCUT2D eigenvalue weighted by molar-refractivity contribution is 6.30. The molecule has 0 atom stereocenters. The Balaban J connectivity index is 2.94. The molecule has 1 rings (SSSR count). The predicted molar refractivity (Wildman–Crippen MR) is 35.2 cm³/mol. The lowest BCUT2D eigenvalue weighted by Crippen LogP contribution is -1.79. The Morgan fingerprint density at radius 1 is 1.56 bits per heavy atom. The van der Waals surface area contributed by atoms with Crippen molar-refractivity contribution in [1.29, 1.82) is 0 Å². The average molecular weight is 143 g/mol. The third kappa shape index (κ3) is 1.57. The summed E-state index contributed by atoms with van der Waals surface area (Å²) in [5.74, 6) is 0.572. The van der Waals surface area contributed by atoms with Crippen LogP contribution >= 0.6 is 11.6 Å². The van der Waals surface area contributed by atoms with E-state index in [9.17, 15) is 0 Å². The molecule has 47 valence electrons. The molecule has 1 heterocycles. The molecule has 0 fully saturated rings. The molecule has 0 unspecified atom stereocenters. The van der Waals surface area contributed by atoms with Gasteiger partial charge in [0.2, 0.25) is 0 Å². The molecule has 0 amide bonds. The van der Waals surface area contributed by atoms with Crippen LogP contribution in [0.4, 0.5) is 0 Å². The fourth-order valence-electron chi connectivity index (χ4n) is 0.471. The van der Waals surface area contributed by atoms with E-state index in [1.165, 1.54) is 6.20 Å². The summed E-state index contributed by atoms with van der Waals surface area (Å²) < 4.78 is 4.60. The molecule has 0 aliphatic heterocycles. The Bertz CT molecular complexity index is 202. The minimum Gasteiger partial charge on any atom is -0.488 e. The van der Waals surface area contributed by atoms with Crippen molar-refractivity contribution in [2.75, 3.05) is 0 Å². The SMILES string of the molecule is [CH2]Oc1cncc(Cl)c1. The Labute approximate surface area is 58.4 Å². The van der Waals surface area contributed by atoms with Crippen LogP contribution in [-0.2, 0) is 0 Å². The summed E-state index contributed by atoms with van der Waals surface area (Å²) in [6, 6.07) is 1.64. The van der Waals surface area contributed by atoms with E-state index in [1.807, 2.05) is 0 Å². The van der Waals surface area contributed by atoms with Gasteiger partial charge in [-0.3, -0.25) is 4.98 Å². The standard InChI is InChI=1S/C6H5ClNO/c1-9-6-2-5(7)3-8-4-6/h2-4H,1H2. The fourth-order valence-corrected chi connectivity index (χ4v) is 0.635. The lowest BCUT2D eigenvalue weighted by atomic mass is 10.5. The van der Waals surface area contributed by atoms with Gasteiger partial charge in [0.25, 0.3) is 0 Å². The summed E-state index contributed by atoms with van der Waals surface area (Å²) in [6.45, 7) is 0. The number of aromatic nitrogens is 1. The minimum atomic E-state index is 0.552. The van der Waals surface area contributed by atoms with Crippen molar-refractivity contribution in [3.05, 3.63) is 30.6 Å². The van der Waals surface area contributed by atoms with Gasteiger partial charge in [0.1, 0.15) is 12.9 Å². The number of hydrogen-bond acceptors (Lipinski definition) is 2. The molecule has 0 saturated carbocycles. The molecule has 0 bridgehead atoms. The first-order valence-electron chi connectivity index (χ1n) is 2.35. The third-order valence-corrected chi connectivity index (χ3v) is 1.05. The lowest BCUT2D eigenvalue weighted by Gasteiger charge is -1.95. The van der Waals surface area contributed by atoms with E-state index in [0.717, 1.165) is 0 Å². The predicted octanol–water partition coefficient (Wildman–Crippen LogP) is 1.91. The van der Waals surface area contributed by atoms with Gasteiger partial charge in [-0.1, -0.05) is 11.6 Å². The molecular weight excluding hydrogens is 138 g/mol. The van der Waals surface area contributed by atoms with E-state index >= 15 is 0 Å². The molecule has 0 aromatic carbocycles. The second-order valence-corrected chi connectivity index (χ2v) is 1.92. The van der Waals surface area contributed by atoms with Gasteiger partial charge in [-0.15, -0.1) is 0 Å². The van der Waals surface area contributed by atoms with Crippen molar-refractivity contribution in [3.63, 3.8) is 0 Å². The minimum absolute atomic E-state index is 0.552. The quantitative estimate of drug-likeness (QED) is 0.598. The van der Waals surface area contributed by atoms with Gasteiger partial charge in [0, 0.05) is 12.3 Å². The number of ether oxygens (including phenoxy) is 1. The maximum Gasteiger partial charge on any atom is 0.139 e. The van der Waals surface area contributed by atoms with Crippen LogP contribution in [0.15, 0.2) is 18.5 Å². The van der Waals surface area contributed by atoms with Crippen LogP contribution in [0.5, 0.6) is 5.75 Å². The van der Waals surface area contributed by atoms with Crippen molar-refractivity contribution < 1.29 is 4.74 Å². The van der Waals surface area contributed by atoms with Crippen LogP contribution in [-0.4, -0.2) is 4.98 Å². The molecule has 1 radical (unpaired) electrons. The molecule has 0 saturated heterocycles. The van der Waals surface area contributed by atoms with Gasteiger partial charge in [0.15, 0.2) is 0 Å². The van der Waals surface area contributed by atoms with E-state index in [2.05, 4.69) is 16.8 Å². The highest BCUT2D eigenvalue weighted by atomic mass is 35.5. The summed E-state index contributed by atoms with van der Waals surface area (Å²) in [6.07, 6.45) is 3.07. The first kappa shape index (κ1) is 6.36. The first-order chi connectivity index (χ1) is 4.33. The molecule has 0 spiro atoms. The van der Waals surface area contributed by atoms with Crippen LogP contribution in [0, 0.1) is 7.11 Å². The average Bonchev–Trinajstić information content (AvgIpc) is 1.88. The van der Waals surface area contributed by atoms with Crippen molar-refractivity contribution in [2.45, 2.75) is 0 Å². The Hall–Kier alpha value is -0.760. The smallest absolute Gasteiger partial charge is 0.139 e. The van der Waals surface area contributed by atoms with Crippen molar-refractivity contribution in [2.24, 2.45) is 0 Å². The van der Waals surface area contributed by atoms with E-state index in [0.29, 0.717) is 10.8 Å². The maximum atomic E-state index is 5.55. The number of nitrogens with zero attached hydrogens (tertiary/aromatic N) is 1. The molecule has 9 heavy (non-hydrogen) atoms. The largest absolute Gasteiger partial charge is 0.488 e. The van der Waals surface area contributed by atoms with Crippen molar-refractivity contribution in [3.8, 4) is 5.75 Å². The first-order valence-corrected chi connectivity index (χ1v) is 2.73. The van der Waals surface area contributed by atoms with Gasteiger partial charge in [-0.2, -0.15) is 0 Å². The number of hydrogen-bond donors (Lipinski definition) is 0. The molecule has 1 aromatic heterocycles. The van der Waals surface area contributed by atoms with Gasteiger partial charge in [-0.25, -0.2) is 0 Å².